The number of hydrogen-bond acceptors (Lipinski definition) is 2. The molecule has 0 bridgehead atoms. The third kappa shape index (κ3) is 2.05. The number of aromatic nitrogens is 2. The van der Waals surface area contributed by atoms with Crippen LogP contribution in [0.15, 0.2) is 24.3 Å². The molecule has 0 atom stereocenters. The van der Waals surface area contributed by atoms with E-state index in [4.69, 9.17) is 5.11 Å². The maximum atomic E-state index is 10.5. The zero-order valence-electron chi connectivity index (χ0n) is 9.18. The number of aryl methyl sites for hydroxylation is 2. The smallest absolute Gasteiger partial charge is 0.303 e. The molecule has 0 radical (unpaired) electrons. The third-order valence-electron chi connectivity index (χ3n) is 2.67. The minimum Gasteiger partial charge on any atom is -0.481 e. The van der Waals surface area contributed by atoms with Crippen LogP contribution >= 0.6 is 0 Å². The minimum atomic E-state index is -0.744. The van der Waals surface area contributed by atoms with Gasteiger partial charge in [-0.1, -0.05) is 18.2 Å². The molecule has 4 heteroatoms. The average Bonchev–Trinajstić information content (AvgIpc) is 2.55. The molecule has 2 aromatic rings. The van der Waals surface area contributed by atoms with Crippen LogP contribution in [-0.2, 0) is 18.3 Å². The predicted octanol–water partition coefficient (Wildman–Crippen LogP) is 1.98. The summed E-state index contributed by atoms with van der Waals surface area (Å²) in [5.41, 5.74) is 2.08. The lowest BCUT2D eigenvalue weighted by atomic mass is 10.1. The number of nitrogens with zero attached hydrogens (tertiary/aromatic N) is 2. The zero-order chi connectivity index (χ0) is 11.5. The van der Waals surface area contributed by atoms with Gasteiger partial charge in [0.15, 0.2) is 0 Å². The van der Waals surface area contributed by atoms with E-state index in [-0.39, 0.29) is 6.42 Å². The molecular formula is C12H14N2O2. The lowest BCUT2D eigenvalue weighted by Gasteiger charge is -2.00. The number of aliphatic carboxylic acids is 1. The van der Waals surface area contributed by atoms with Gasteiger partial charge in [0.1, 0.15) is 0 Å². The third-order valence-corrected chi connectivity index (χ3v) is 2.67. The van der Waals surface area contributed by atoms with E-state index in [0.29, 0.717) is 6.42 Å². The van der Waals surface area contributed by atoms with E-state index in [0.717, 1.165) is 23.0 Å². The first kappa shape index (κ1) is 10.7. The summed E-state index contributed by atoms with van der Waals surface area (Å²) in [6.45, 7) is 0. The second kappa shape index (κ2) is 4.35. The zero-order valence-corrected chi connectivity index (χ0v) is 9.18. The van der Waals surface area contributed by atoms with E-state index in [1.165, 1.54) is 0 Å². The first-order chi connectivity index (χ1) is 7.68. The van der Waals surface area contributed by atoms with Gasteiger partial charge in [-0.05, 0) is 18.9 Å². The van der Waals surface area contributed by atoms with Crippen molar-refractivity contribution in [2.24, 2.45) is 7.05 Å². The van der Waals surface area contributed by atoms with Gasteiger partial charge in [0.25, 0.3) is 0 Å². The highest BCUT2D eigenvalue weighted by Crippen LogP contribution is 2.18. The fraction of sp³-hybridized carbons (Fsp3) is 0.333. The maximum Gasteiger partial charge on any atom is 0.303 e. The highest BCUT2D eigenvalue weighted by Gasteiger charge is 2.08. The van der Waals surface area contributed by atoms with Crippen molar-refractivity contribution in [1.82, 2.24) is 9.78 Å². The number of carboxylic acids is 1. The van der Waals surface area contributed by atoms with Crippen molar-refractivity contribution >= 4 is 16.9 Å². The van der Waals surface area contributed by atoms with Gasteiger partial charge in [-0.2, -0.15) is 5.10 Å². The molecule has 0 aliphatic rings. The summed E-state index contributed by atoms with van der Waals surface area (Å²) in [5, 5.41) is 14.1. The van der Waals surface area contributed by atoms with Crippen LogP contribution in [0.3, 0.4) is 0 Å². The Hall–Kier alpha value is -1.84. The molecule has 0 saturated carbocycles. The number of carbonyl (C=O) groups is 1. The average molecular weight is 218 g/mol. The van der Waals surface area contributed by atoms with Crippen LogP contribution in [0.5, 0.6) is 0 Å². The highest BCUT2D eigenvalue weighted by molar-refractivity contribution is 5.81. The van der Waals surface area contributed by atoms with Crippen molar-refractivity contribution in [1.29, 1.82) is 0 Å². The van der Waals surface area contributed by atoms with Crippen molar-refractivity contribution < 1.29 is 9.90 Å². The van der Waals surface area contributed by atoms with Gasteiger partial charge in [-0.25, -0.2) is 0 Å². The van der Waals surface area contributed by atoms with Gasteiger partial charge >= 0.3 is 5.97 Å². The number of fused-ring (bicyclic) bond motifs is 1. The van der Waals surface area contributed by atoms with Crippen LogP contribution in [0, 0.1) is 0 Å². The quantitative estimate of drug-likeness (QED) is 0.853. The normalized spacial score (nSPS) is 10.8. The van der Waals surface area contributed by atoms with Gasteiger partial charge in [0.2, 0.25) is 0 Å². The first-order valence-electron chi connectivity index (χ1n) is 5.31. The Morgan fingerprint density at radius 3 is 2.94 bits per heavy atom. The van der Waals surface area contributed by atoms with Gasteiger partial charge in [-0.3, -0.25) is 9.48 Å². The lowest BCUT2D eigenvalue weighted by molar-refractivity contribution is -0.137. The highest BCUT2D eigenvalue weighted by atomic mass is 16.4. The summed E-state index contributed by atoms with van der Waals surface area (Å²) < 4.78 is 1.84. The van der Waals surface area contributed by atoms with Crippen molar-refractivity contribution in [3.63, 3.8) is 0 Å². The molecule has 4 nitrogen and oxygen atoms in total. The van der Waals surface area contributed by atoms with Crippen LogP contribution in [-0.4, -0.2) is 20.9 Å². The van der Waals surface area contributed by atoms with E-state index < -0.39 is 5.97 Å². The molecule has 2 rings (SSSR count). The summed E-state index contributed by atoms with van der Waals surface area (Å²) in [7, 11) is 1.90. The fourth-order valence-corrected chi connectivity index (χ4v) is 1.90. The van der Waals surface area contributed by atoms with Gasteiger partial charge < -0.3 is 5.11 Å². The van der Waals surface area contributed by atoms with Crippen LogP contribution < -0.4 is 0 Å². The Morgan fingerprint density at radius 1 is 1.44 bits per heavy atom. The molecule has 84 valence electrons. The second-order valence-electron chi connectivity index (χ2n) is 3.83. The van der Waals surface area contributed by atoms with E-state index in [2.05, 4.69) is 5.10 Å². The molecule has 1 aromatic heterocycles. The Labute approximate surface area is 93.5 Å². The minimum absolute atomic E-state index is 0.208. The fourth-order valence-electron chi connectivity index (χ4n) is 1.90. The molecule has 0 amide bonds. The predicted molar refractivity (Wildman–Crippen MR) is 61.3 cm³/mol. The molecule has 0 spiro atoms. The lowest BCUT2D eigenvalue weighted by Crippen LogP contribution is -2.01. The molecule has 0 aliphatic heterocycles. The molecule has 0 unspecified atom stereocenters. The summed E-state index contributed by atoms with van der Waals surface area (Å²) in [6.07, 6.45) is 1.61. The summed E-state index contributed by atoms with van der Waals surface area (Å²) in [5.74, 6) is -0.744. The molecule has 1 N–H and O–H groups in total. The van der Waals surface area contributed by atoms with E-state index in [1.54, 1.807) is 0 Å². The summed E-state index contributed by atoms with van der Waals surface area (Å²) in [6, 6.07) is 7.93. The Balaban J connectivity index is 2.22. The summed E-state index contributed by atoms with van der Waals surface area (Å²) >= 11 is 0. The second-order valence-corrected chi connectivity index (χ2v) is 3.83. The molecule has 0 saturated heterocycles. The SMILES string of the molecule is Cn1nc2ccccc2c1CCCC(=O)O. The van der Waals surface area contributed by atoms with E-state index in [9.17, 15) is 4.79 Å². The van der Waals surface area contributed by atoms with Gasteiger partial charge in [0, 0.05) is 24.5 Å². The molecule has 1 aromatic carbocycles. The van der Waals surface area contributed by atoms with Crippen molar-refractivity contribution in [3.05, 3.63) is 30.0 Å². The summed E-state index contributed by atoms with van der Waals surface area (Å²) in [4.78, 5) is 10.5. The van der Waals surface area contributed by atoms with Crippen LogP contribution in [0.4, 0.5) is 0 Å². The van der Waals surface area contributed by atoms with E-state index >= 15 is 0 Å². The largest absolute Gasteiger partial charge is 0.481 e. The molecule has 1 heterocycles. The number of hydrogen-bond donors (Lipinski definition) is 1. The van der Waals surface area contributed by atoms with Crippen LogP contribution in [0.25, 0.3) is 10.9 Å². The number of carboxylic acid groups (broad SMARTS) is 1. The Bertz CT molecular complexity index is 517. The monoisotopic (exact) mass is 218 g/mol. The molecule has 0 aliphatic carbocycles. The standard InChI is InChI=1S/C12H14N2O2/c1-14-11(7-4-8-12(15)16)9-5-2-3-6-10(9)13-14/h2-3,5-6H,4,7-8H2,1H3,(H,15,16). The molecule has 16 heavy (non-hydrogen) atoms. The Kier molecular flexibility index (Phi) is 2.90. The van der Waals surface area contributed by atoms with Crippen LogP contribution in [0.1, 0.15) is 18.5 Å². The number of rotatable bonds is 4. The van der Waals surface area contributed by atoms with Crippen molar-refractivity contribution in [3.8, 4) is 0 Å². The van der Waals surface area contributed by atoms with Crippen molar-refractivity contribution in [2.45, 2.75) is 19.3 Å². The molecule has 0 fully saturated rings. The van der Waals surface area contributed by atoms with Gasteiger partial charge in [-0.15, -0.1) is 0 Å². The Morgan fingerprint density at radius 2 is 2.19 bits per heavy atom. The van der Waals surface area contributed by atoms with E-state index in [1.807, 2.05) is 36.0 Å². The molecular weight excluding hydrogens is 204 g/mol. The first-order valence-corrected chi connectivity index (χ1v) is 5.31. The topological polar surface area (TPSA) is 55.1 Å². The van der Waals surface area contributed by atoms with Crippen LogP contribution in [0.2, 0.25) is 0 Å². The number of benzene rings is 1. The van der Waals surface area contributed by atoms with Crippen molar-refractivity contribution in [2.75, 3.05) is 0 Å². The van der Waals surface area contributed by atoms with Gasteiger partial charge in [0.05, 0.1) is 5.52 Å². The maximum absolute atomic E-state index is 10.5.